The van der Waals surface area contributed by atoms with Crippen molar-refractivity contribution >= 4 is 15.8 Å². The molecular formula is C12H17NO5S. The molecule has 0 saturated carbocycles. The Bertz CT molecular complexity index is 575. The van der Waals surface area contributed by atoms with Crippen LogP contribution in [0.1, 0.15) is 28.3 Å². The van der Waals surface area contributed by atoms with Crippen LogP contribution in [0.3, 0.4) is 0 Å². The molecule has 1 unspecified atom stereocenters. The van der Waals surface area contributed by atoms with Crippen LogP contribution in [-0.2, 0) is 16.4 Å². The van der Waals surface area contributed by atoms with Crippen LogP contribution in [0.25, 0.3) is 0 Å². The van der Waals surface area contributed by atoms with E-state index in [9.17, 15) is 13.2 Å². The molecule has 106 valence electrons. The highest BCUT2D eigenvalue weighted by Crippen LogP contribution is 2.18. The second-order valence-electron chi connectivity index (χ2n) is 4.90. The molecule has 0 bridgehead atoms. The zero-order chi connectivity index (χ0) is 14.0. The number of nitrogens with one attached hydrogen (secondary N) is 1. The number of carboxylic acids is 1. The molecule has 2 heterocycles. The lowest BCUT2D eigenvalue weighted by atomic mass is 10.1. The fraction of sp³-hybridized carbons (Fsp3) is 0.583. The first kappa shape index (κ1) is 14.1. The van der Waals surface area contributed by atoms with Gasteiger partial charge in [-0.3, -0.25) is 0 Å². The van der Waals surface area contributed by atoms with E-state index in [2.05, 4.69) is 5.32 Å². The van der Waals surface area contributed by atoms with Crippen LogP contribution in [0.15, 0.2) is 10.5 Å². The molecule has 19 heavy (non-hydrogen) atoms. The van der Waals surface area contributed by atoms with Crippen molar-refractivity contribution in [3.05, 3.63) is 23.2 Å². The van der Waals surface area contributed by atoms with Crippen molar-refractivity contribution in [1.29, 1.82) is 0 Å². The largest absolute Gasteiger partial charge is 0.475 e. The zero-order valence-electron chi connectivity index (χ0n) is 10.7. The van der Waals surface area contributed by atoms with Crippen molar-refractivity contribution < 1.29 is 22.7 Å². The number of carbonyl (C=O) groups is 1. The highest BCUT2D eigenvalue weighted by atomic mass is 32.2. The Hall–Kier alpha value is -1.34. The fourth-order valence-corrected chi connectivity index (χ4v) is 4.11. The fourth-order valence-electron chi connectivity index (χ4n) is 2.24. The maximum absolute atomic E-state index is 11.3. The summed E-state index contributed by atoms with van der Waals surface area (Å²) in [5.41, 5.74) is 0.790. The van der Waals surface area contributed by atoms with Gasteiger partial charge in [-0.1, -0.05) is 0 Å². The monoisotopic (exact) mass is 287 g/mol. The van der Waals surface area contributed by atoms with Gasteiger partial charge in [-0.2, -0.15) is 0 Å². The molecule has 0 radical (unpaired) electrons. The molecule has 7 heteroatoms. The summed E-state index contributed by atoms with van der Waals surface area (Å²) < 4.78 is 27.7. The number of hydrogen-bond donors (Lipinski definition) is 2. The average molecular weight is 287 g/mol. The van der Waals surface area contributed by atoms with Gasteiger partial charge in [0.1, 0.15) is 5.76 Å². The van der Waals surface area contributed by atoms with E-state index >= 15 is 0 Å². The van der Waals surface area contributed by atoms with E-state index in [-0.39, 0.29) is 23.2 Å². The van der Waals surface area contributed by atoms with Crippen molar-refractivity contribution in [2.24, 2.45) is 5.92 Å². The Morgan fingerprint density at radius 3 is 2.84 bits per heavy atom. The molecule has 1 aromatic rings. The van der Waals surface area contributed by atoms with Crippen LogP contribution < -0.4 is 5.32 Å². The number of rotatable bonds is 5. The number of furan rings is 1. The molecule has 1 atom stereocenters. The molecule has 1 aliphatic rings. The summed E-state index contributed by atoms with van der Waals surface area (Å²) in [5.74, 6) is 0.0759. The van der Waals surface area contributed by atoms with E-state index < -0.39 is 15.8 Å². The lowest BCUT2D eigenvalue weighted by Gasteiger charge is -2.08. The SMILES string of the molecule is Cc1oc(C(=O)O)cc1CNCC1CCS(=O)(=O)C1. The Labute approximate surface area is 111 Å². The third-order valence-electron chi connectivity index (χ3n) is 3.31. The molecule has 6 nitrogen and oxygen atoms in total. The summed E-state index contributed by atoms with van der Waals surface area (Å²) in [6.07, 6.45) is 0.695. The van der Waals surface area contributed by atoms with Gasteiger partial charge in [0.15, 0.2) is 9.84 Å². The number of hydrogen-bond acceptors (Lipinski definition) is 5. The Morgan fingerprint density at radius 2 is 2.32 bits per heavy atom. The second-order valence-corrected chi connectivity index (χ2v) is 7.13. The van der Waals surface area contributed by atoms with Crippen molar-refractivity contribution in [2.45, 2.75) is 19.9 Å². The van der Waals surface area contributed by atoms with Gasteiger partial charge in [-0.15, -0.1) is 0 Å². The quantitative estimate of drug-likeness (QED) is 0.832. The van der Waals surface area contributed by atoms with Crippen molar-refractivity contribution in [3.63, 3.8) is 0 Å². The first-order chi connectivity index (χ1) is 8.87. The molecule has 1 fully saturated rings. The summed E-state index contributed by atoms with van der Waals surface area (Å²) in [4.78, 5) is 10.7. The predicted octanol–water partition coefficient (Wildman–Crippen LogP) is 0.811. The van der Waals surface area contributed by atoms with Gasteiger partial charge in [0, 0.05) is 12.1 Å². The molecule has 1 aliphatic heterocycles. The van der Waals surface area contributed by atoms with E-state index in [1.165, 1.54) is 6.07 Å². The lowest BCUT2D eigenvalue weighted by molar-refractivity contribution is 0.0661. The van der Waals surface area contributed by atoms with Crippen LogP contribution >= 0.6 is 0 Å². The minimum atomic E-state index is -2.84. The molecular weight excluding hydrogens is 270 g/mol. The minimum absolute atomic E-state index is 0.0715. The molecule has 0 amide bonds. The van der Waals surface area contributed by atoms with Crippen molar-refractivity contribution in [2.75, 3.05) is 18.1 Å². The van der Waals surface area contributed by atoms with Gasteiger partial charge in [0.25, 0.3) is 0 Å². The van der Waals surface area contributed by atoms with Crippen molar-refractivity contribution in [1.82, 2.24) is 5.32 Å². The third kappa shape index (κ3) is 3.57. The van der Waals surface area contributed by atoms with Gasteiger partial charge in [-0.05, 0) is 31.9 Å². The Balaban J connectivity index is 1.85. The predicted molar refractivity (Wildman–Crippen MR) is 68.9 cm³/mol. The Morgan fingerprint density at radius 1 is 1.58 bits per heavy atom. The summed E-state index contributed by atoms with van der Waals surface area (Å²) >= 11 is 0. The normalized spacial score (nSPS) is 21.6. The first-order valence-electron chi connectivity index (χ1n) is 6.11. The first-order valence-corrected chi connectivity index (χ1v) is 7.93. The average Bonchev–Trinajstić information content (AvgIpc) is 2.83. The molecule has 1 aromatic heterocycles. The van der Waals surface area contributed by atoms with Gasteiger partial charge in [0.05, 0.1) is 11.5 Å². The number of sulfone groups is 1. The maximum atomic E-state index is 11.3. The molecule has 2 N–H and O–H groups in total. The number of aryl methyl sites for hydroxylation is 1. The van der Waals surface area contributed by atoms with Crippen LogP contribution in [0.5, 0.6) is 0 Å². The summed E-state index contributed by atoms with van der Waals surface area (Å²) in [5, 5.41) is 12.0. The topological polar surface area (TPSA) is 96.6 Å². The van der Waals surface area contributed by atoms with Crippen LogP contribution in [0.4, 0.5) is 0 Å². The van der Waals surface area contributed by atoms with Crippen LogP contribution in [-0.4, -0.2) is 37.5 Å². The number of carboxylic acid groups (broad SMARTS) is 1. The highest BCUT2D eigenvalue weighted by Gasteiger charge is 2.27. The number of aromatic carboxylic acids is 1. The third-order valence-corrected chi connectivity index (χ3v) is 5.14. The molecule has 1 saturated heterocycles. The summed E-state index contributed by atoms with van der Waals surface area (Å²) in [7, 11) is -2.84. The molecule has 0 spiro atoms. The summed E-state index contributed by atoms with van der Waals surface area (Å²) in [6.45, 7) is 2.81. The zero-order valence-corrected chi connectivity index (χ0v) is 11.5. The molecule has 2 rings (SSSR count). The van der Waals surface area contributed by atoms with Crippen LogP contribution in [0.2, 0.25) is 0 Å². The molecule has 0 aromatic carbocycles. The van der Waals surface area contributed by atoms with E-state index in [0.717, 1.165) is 5.56 Å². The molecule has 0 aliphatic carbocycles. The standard InChI is InChI=1S/C12H17NO5S/c1-8-10(4-11(18-8)12(14)15)6-13-5-9-2-3-19(16,17)7-9/h4,9,13H,2-3,5-7H2,1H3,(H,14,15). The van der Waals surface area contributed by atoms with E-state index in [0.29, 0.717) is 25.3 Å². The van der Waals surface area contributed by atoms with E-state index in [4.69, 9.17) is 9.52 Å². The van der Waals surface area contributed by atoms with Gasteiger partial charge in [-0.25, -0.2) is 13.2 Å². The minimum Gasteiger partial charge on any atom is -0.475 e. The van der Waals surface area contributed by atoms with Crippen molar-refractivity contribution in [3.8, 4) is 0 Å². The summed E-state index contributed by atoms with van der Waals surface area (Å²) in [6, 6.07) is 1.50. The van der Waals surface area contributed by atoms with Gasteiger partial charge < -0.3 is 14.8 Å². The van der Waals surface area contributed by atoms with Gasteiger partial charge in [0.2, 0.25) is 5.76 Å². The second kappa shape index (κ2) is 5.34. The van der Waals surface area contributed by atoms with Gasteiger partial charge >= 0.3 is 5.97 Å². The lowest BCUT2D eigenvalue weighted by Crippen LogP contribution is -2.23. The maximum Gasteiger partial charge on any atom is 0.371 e. The highest BCUT2D eigenvalue weighted by molar-refractivity contribution is 7.91. The van der Waals surface area contributed by atoms with E-state index in [1.807, 2.05) is 0 Å². The van der Waals surface area contributed by atoms with E-state index in [1.54, 1.807) is 6.92 Å². The van der Waals surface area contributed by atoms with Crippen LogP contribution in [0, 0.1) is 12.8 Å². The Kier molecular flexibility index (Phi) is 3.96. The smallest absolute Gasteiger partial charge is 0.371 e.